The summed E-state index contributed by atoms with van der Waals surface area (Å²) in [6.45, 7) is 3.20. The van der Waals surface area contributed by atoms with Gasteiger partial charge in [0, 0.05) is 30.5 Å². The Morgan fingerprint density at radius 3 is 2.40 bits per heavy atom. The number of carbonyl (C=O) groups is 2. The number of hydrogen-bond donors (Lipinski definition) is 0. The molecule has 1 aromatic carbocycles. The van der Waals surface area contributed by atoms with E-state index in [-0.39, 0.29) is 17.6 Å². The smallest absolute Gasteiger partial charge is 0.276 e. The number of ketones is 1. The van der Waals surface area contributed by atoms with Gasteiger partial charge in [-0.3, -0.25) is 9.59 Å². The third-order valence-corrected chi connectivity index (χ3v) is 5.23. The third kappa shape index (κ3) is 3.23. The second-order valence-electron chi connectivity index (χ2n) is 7.14. The molecular weight excluding hydrogens is 316 g/mol. The number of likely N-dealkylation sites (tertiary alicyclic amines) is 1. The summed E-state index contributed by atoms with van der Waals surface area (Å²) < 4.78 is 5.41. The maximum Gasteiger partial charge on any atom is 0.276 e. The highest BCUT2D eigenvalue weighted by Gasteiger charge is 2.35. The topological polar surface area (TPSA) is 63.4 Å². The van der Waals surface area contributed by atoms with Gasteiger partial charge in [-0.15, -0.1) is 0 Å². The van der Waals surface area contributed by atoms with Crippen LogP contribution in [-0.4, -0.2) is 34.7 Å². The molecule has 1 aliphatic heterocycles. The average molecular weight is 338 g/mol. The summed E-state index contributed by atoms with van der Waals surface area (Å²) in [7, 11) is 0. The SMILES string of the molecule is Cc1ccc(C(=O)C2CCN(C(=O)c3ncoc3C3CC3)CC2)cc1. The number of oxazole rings is 1. The first-order valence-corrected chi connectivity index (χ1v) is 8.97. The van der Waals surface area contributed by atoms with Crippen molar-refractivity contribution in [1.82, 2.24) is 9.88 Å². The summed E-state index contributed by atoms with van der Waals surface area (Å²) >= 11 is 0. The van der Waals surface area contributed by atoms with Crippen LogP contribution in [0.25, 0.3) is 0 Å². The molecule has 2 fully saturated rings. The van der Waals surface area contributed by atoms with Crippen LogP contribution in [0.3, 0.4) is 0 Å². The monoisotopic (exact) mass is 338 g/mol. The second kappa shape index (κ2) is 6.47. The number of carbonyl (C=O) groups excluding carboxylic acids is 2. The number of nitrogens with zero attached hydrogens (tertiary/aromatic N) is 2. The Labute approximate surface area is 147 Å². The highest BCUT2D eigenvalue weighted by atomic mass is 16.3. The molecule has 25 heavy (non-hydrogen) atoms. The number of amides is 1. The fourth-order valence-corrected chi connectivity index (χ4v) is 3.50. The largest absolute Gasteiger partial charge is 0.447 e. The first-order valence-electron chi connectivity index (χ1n) is 8.97. The highest BCUT2D eigenvalue weighted by molar-refractivity contribution is 5.98. The molecule has 5 heteroatoms. The van der Waals surface area contributed by atoms with Crippen LogP contribution in [0.15, 0.2) is 35.1 Å². The molecule has 0 spiro atoms. The van der Waals surface area contributed by atoms with Gasteiger partial charge in [0.05, 0.1) is 0 Å². The summed E-state index contributed by atoms with van der Waals surface area (Å²) in [4.78, 5) is 31.3. The van der Waals surface area contributed by atoms with E-state index in [1.54, 1.807) is 0 Å². The van der Waals surface area contributed by atoms with Crippen LogP contribution >= 0.6 is 0 Å². The van der Waals surface area contributed by atoms with E-state index in [1.165, 1.54) is 6.39 Å². The summed E-state index contributed by atoms with van der Waals surface area (Å²) in [5, 5.41) is 0. The van der Waals surface area contributed by atoms with Gasteiger partial charge in [-0.05, 0) is 32.6 Å². The van der Waals surface area contributed by atoms with Gasteiger partial charge in [-0.2, -0.15) is 0 Å². The van der Waals surface area contributed by atoms with Gasteiger partial charge >= 0.3 is 0 Å². The van der Waals surface area contributed by atoms with Crippen molar-refractivity contribution in [3.63, 3.8) is 0 Å². The molecule has 5 nitrogen and oxygen atoms in total. The Balaban J connectivity index is 1.39. The zero-order valence-corrected chi connectivity index (χ0v) is 14.4. The molecule has 2 aliphatic rings. The zero-order chi connectivity index (χ0) is 17.4. The Morgan fingerprint density at radius 2 is 1.76 bits per heavy atom. The van der Waals surface area contributed by atoms with E-state index in [0.717, 1.165) is 29.7 Å². The number of Topliss-reactive ketones (excluding diaryl/α,β-unsaturated/α-hetero) is 1. The lowest BCUT2D eigenvalue weighted by Gasteiger charge is -2.31. The first kappa shape index (κ1) is 16.1. The van der Waals surface area contributed by atoms with E-state index in [4.69, 9.17) is 4.42 Å². The second-order valence-corrected chi connectivity index (χ2v) is 7.14. The molecule has 1 aliphatic carbocycles. The fourth-order valence-electron chi connectivity index (χ4n) is 3.50. The molecule has 0 unspecified atom stereocenters. The van der Waals surface area contributed by atoms with Crippen molar-refractivity contribution >= 4 is 11.7 Å². The standard InChI is InChI=1S/C20H22N2O3/c1-13-2-4-14(5-3-13)18(23)15-8-10-22(11-9-15)20(24)17-19(16-6-7-16)25-12-21-17/h2-5,12,15-16H,6-11H2,1H3. The van der Waals surface area contributed by atoms with Gasteiger partial charge in [0.1, 0.15) is 5.76 Å². The molecule has 0 bridgehead atoms. The van der Waals surface area contributed by atoms with Gasteiger partial charge in [-0.25, -0.2) is 4.98 Å². The molecule has 0 radical (unpaired) electrons. The fraction of sp³-hybridized carbons (Fsp3) is 0.450. The van der Waals surface area contributed by atoms with Gasteiger partial charge in [-0.1, -0.05) is 29.8 Å². The van der Waals surface area contributed by atoms with Crippen molar-refractivity contribution in [2.24, 2.45) is 5.92 Å². The van der Waals surface area contributed by atoms with Crippen LogP contribution < -0.4 is 0 Å². The molecule has 2 heterocycles. The minimum absolute atomic E-state index is 0.00744. The molecule has 2 aromatic rings. The van der Waals surface area contributed by atoms with E-state index in [9.17, 15) is 9.59 Å². The van der Waals surface area contributed by atoms with E-state index in [0.29, 0.717) is 37.5 Å². The maximum atomic E-state index is 12.7. The molecule has 1 aromatic heterocycles. The van der Waals surface area contributed by atoms with Crippen LogP contribution in [0.4, 0.5) is 0 Å². The van der Waals surface area contributed by atoms with E-state index in [2.05, 4.69) is 4.98 Å². The third-order valence-electron chi connectivity index (χ3n) is 5.23. The Hall–Kier alpha value is -2.43. The minimum Gasteiger partial charge on any atom is -0.447 e. The van der Waals surface area contributed by atoms with Crippen LogP contribution in [0.2, 0.25) is 0 Å². The van der Waals surface area contributed by atoms with E-state index < -0.39 is 0 Å². The lowest BCUT2D eigenvalue weighted by atomic mass is 9.88. The molecule has 130 valence electrons. The lowest BCUT2D eigenvalue weighted by molar-refractivity contribution is 0.0644. The summed E-state index contributed by atoms with van der Waals surface area (Å²) in [5.74, 6) is 1.22. The number of aryl methyl sites for hydroxylation is 1. The normalized spacial score (nSPS) is 18.4. The van der Waals surface area contributed by atoms with Crippen LogP contribution in [-0.2, 0) is 0 Å². The van der Waals surface area contributed by atoms with Crippen molar-refractivity contribution in [2.45, 2.75) is 38.5 Å². The Bertz CT molecular complexity index is 782. The van der Waals surface area contributed by atoms with Gasteiger partial charge in [0.15, 0.2) is 17.9 Å². The Morgan fingerprint density at radius 1 is 1.08 bits per heavy atom. The molecule has 4 rings (SSSR count). The summed E-state index contributed by atoms with van der Waals surface area (Å²) in [6, 6.07) is 7.73. The van der Waals surface area contributed by atoms with Gasteiger partial charge in [0.2, 0.25) is 0 Å². The molecule has 0 atom stereocenters. The molecular formula is C20H22N2O3. The number of rotatable bonds is 4. The number of piperidine rings is 1. The quantitative estimate of drug-likeness (QED) is 0.799. The van der Waals surface area contributed by atoms with Crippen molar-refractivity contribution in [2.75, 3.05) is 13.1 Å². The summed E-state index contributed by atoms with van der Waals surface area (Å²) in [6.07, 6.45) is 4.92. The predicted molar refractivity (Wildman–Crippen MR) is 92.6 cm³/mol. The molecule has 0 N–H and O–H groups in total. The minimum atomic E-state index is -0.0584. The Kier molecular flexibility index (Phi) is 4.15. The van der Waals surface area contributed by atoms with E-state index >= 15 is 0 Å². The number of aromatic nitrogens is 1. The first-order chi connectivity index (χ1) is 12.1. The average Bonchev–Trinajstić information content (AvgIpc) is 3.38. The number of benzene rings is 1. The number of hydrogen-bond acceptors (Lipinski definition) is 4. The van der Waals surface area contributed by atoms with Crippen molar-refractivity contribution in [3.05, 3.63) is 53.2 Å². The van der Waals surface area contributed by atoms with Crippen LogP contribution in [0.1, 0.15) is 63.8 Å². The van der Waals surface area contributed by atoms with Crippen molar-refractivity contribution < 1.29 is 14.0 Å². The summed E-state index contributed by atoms with van der Waals surface area (Å²) in [5.41, 5.74) is 2.38. The highest BCUT2D eigenvalue weighted by Crippen LogP contribution is 2.41. The molecule has 1 saturated heterocycles. The van der Waals surface area contributed by atoms with Crippen molar-refractivity contribution in [3.8, 4) is 0 Å². The molecule has 1 saturated carbocycles. The van der Waals surface area contributed by atoms with Crippen LogP contribution in [0.5, 0.6) is 0 Å². The zero-order valence-electron chi connectivity index (χ0n) is 14.4. The lowest BCUT2D eigenvalue weighted by Crippen LogP contribution is -2.40. The van der Waals surface area contributed by atoms with Gasteiger partial charge < -0.3 is 9.32 Å². The van der Waals surface area contributed by atoms with Crippen LogP contribution in [0, 0.1) is 12.8 Å². The van der Waals surface area contributed by atoms with Crippen molar-refractivity contribution in [1.29, 1.82) is 0 Å². The van der Waals surface area contributed by atoms with Gasteiger partial charge in [0.25, 0.3) is 5.91 Å². The predicted octanol–water partition coefficient (Wildman–Crippen LogP) is 3.60. The van der Waals surface area contributed by atoms with E-state index in [1.807, 2.05) is 36.1 Å². The molecule has 1 amide bonds. The maximum absolute atomic E-state index is 12.7.